The quantitative estimate of drug-likeness (QED) is 0.250. The van der Waals surface area contributed by atoms with Crippen LogP contribution in [0.4, 0.5) is 0 Å². The second-order valence-corrected chi connectivity index (χ2v) is 9.35. The normalized spacial score (nSPS) is 31.9. The molecular weight excluding hydrogens is 386 g/mol. The predicted octanol–water partition coefficient (Wildman–Crippen LogP) is -3.14. The van der Waals surface area contributed by atoms with Crippen LogP contribution in [0.2, 0.25) is 0 Å². The van der Waals surface area contributed by atoms with E-state index in [4.69, 9.17) is 11.5 Å². The summed E-state index contributed by atoms with van der Waals surface area (Å²) in [5, 5.41) is 28.2. The molecule has 0 saturated carbocycles. The number of nitrogens with zero attached hydrogens (tertiary/aromatic N) is 2. The number of carbonyl (C=O) groups excluding carboxylic acids is 1. The Bertz CT molecular complexity index is 952. The zero-order valence-corrected chi connectivity index (χ0v) is 17.6. The number of nitrogens with one attached hydrogen (secondary N) is 3. The summed E-state index contributed by atoms with van der Waals surface area (Å²) >= 11 is 0. The molecule has 1 spiro atoms. The SMILES string of the molecule is C[C@@H]1N=C(N)N2C[C@H](NC(=O)c3cccc(C(C)(C)C)c3)C(O)(O)[C@@]23NC(N)=[NH+]C13. The summed E-state index contributed by atoms with van der Waals surface area (Å²) in [6, 6.07) is 5.33. The van der Waals surface area contributed by atoms with Crippen molar-refractivity contribution in [1.82, 2.24) is 15.5 Å². The molecule has 0 radical (unpaired) electrons. The van der Waals surface area contributed by atoms with Crippen LogP contribution in [0.25, 0.3) is 0 Å². The summed E-state index contributed by atoms with van der Waals surface area (Å²) in [5.74, 6) is -2.43. The van der Waals surface area contributed by atoms with E-state index in [0.29, 0.717) is 5.56 Å². The summed E-state index contributed by atoms with van der Waals surface area (Å²) in [7, 11) is 0. The lowest BCUT2D eigenvalue weighted by molar-refractivity contribution is -0.521. The maximum atomic E-state index is 13.0. The van der Waals surface area contributed by atoms with Gasteiger partial charge in [0.1, 0.15) is 6.04 Å². The number of hydrogen-bond acceptors (Lipinski definition) is 8. The first-order chi connectivity index (χ1) is 13.9. The van der Waals surface area contributed by atoms with Crippen molar-refractivity contribution in [2.24, 2.45) is 16.5 Å². The van der Waals surface area contributed by atoms with Gasteiger partial charge in [-0.05, 0) is 30.0 Å². The minimum absolute atomic E-state index is 0.0538. The molecule has 3 aliphatic rings. The lowest BCUT2D eigenvalue weighted by atomic mass is 9.85. The first kappa shape index (κ1) is 20.4. The highest BCUT2D eigenvalue weighted by molar-refractivity contribution is 5.95. The Balaban J connectivity index is 1.65. The van der Waals surface area contributed by atoms with Crippen molar-refractivity contribution in [3.63, 3.8) is 0 Å². The van der Waals surface area contributed by atoms with Gasteiger partial charge in [0, 0.05) is 5.56 Å². The number of benzene rings is 1. The molecule has 1 aromatic rings. The number of carbonyl (C=O) groups is 1. The molecule has 0 aromatic heterocycles. The molecule has 1 fully saturated rings. The fraction of sp³-hybridized carbons (Fsp3) is 0.550. The number of amides is 1. The number of guanidine groups is 2. The molecule has 4 rings (SSSR count). The van der Waals surface area contributed by atoms with Crippen LogP contribution >= 0.6 is 0 Å². The summed E-state index contributed by atoms with van der Waals surface area (Å²) < 4.78 is 0. The third-order valence-corrected chi connectivity index (χ3v) is 6.32. The van der Waals surface area contributed by atoms with E-state index in [9.17, 15) is 15.0 Å². The predicted molar refractivity (Wildman–Crippen MR) is 111 cm³/mol. The molecule has 1 unspecified atom stereocenters. The van der Waals surface area contributed by atoms with Crippen LogP contribution in [0, 0.1) is 0 Å². The zero-order valence-electron chi connectivity index (χ0n) is 17.6. The molecule has 30 heavy (non-hydrogen) atoms. The van der Waals surface area contributed by atoms with Crippen molar-refractivity contribution in [1.29, 1.82) is 0 Å². The molecule has 10 nitrogen and oxygen atoms in total. The van der Waals surface area contributed by atoms with Gasteiger partial charge < -0.3 is 21.3 Å². The molecule has 10 heteroatoms. The summed E-state index contributed by atoms with van der Waals surface area (Å²) in [6.45, 7) is 8.05. The fourth-order valence-electron chi connectivity index (χ4n) is 4.68. The van der Waals surface area contributed by atoms with Crippen LogP contribution in [0.3, 0.4) is 0 Å². The van der Waals surface area contributed by atoms with Gasteiger partial charge in [0.15, 0.2) is 12.0 Å². The Hall–Kier alpha value is -2.85. The van der Waals surface area contributed by atoms with Crippen molar-refractivity contribution in [3.05, 3.63) is 35.4 Å². The van der Waals surface area contributed by atoms with Crippen LogP contribution in [0.5, 0.6) is 0 Å². The van der Waals surface area contributed by atoms with E-state index in [0.717, 1.165) is 5.56 Å². The van der Waals surface area contributed by atoms with Crippen molar-refractivity contribution < 1.29 is 20.0 Å². The van der Waals surface area contributed by atoms with Crippen molar-refractivity contribution in [2.75, 3.05) is 6.54 Å². The molecule has 1 saturated heterocycles. The van der Waals surface area contributed by atoms with Crippen molar-refractivity contribution in [3.8, 4) is 0 Å². The molecule has 0 bridgehead atoms. The van der Waals surface area contributed by atoms with Gasteiger partial charge in [0.05, 0.1) is 12.6 Å². The molecule has 3 aliphatic heterocycles. The molecule has 3 heterocycles. The minimum atomic E-state index is -2.38. The van der Waals surface area contributed by atoms with Gasteiger partial charge in [-0.1, -0.05) is 32.9 Å². The van der Waals surface area contributed by atoms with E-state index < -0.39 is 29.4 Å². The summed E-state index contributed by atoms with van der Waals surface area (Å²) in [4.78, 5) is 22.0. The number of hydrogen-bond donors (Lipinski definition) is 7. The molecule has 1 aromatic carbocycles. The Morgan fingerprint density at radius 1 is 1.37 bits per heavy atom. The highest BCUT2D eigenvalue weighted by Crippen LogP contribution is 2.41. The van der Waals surface area contributed by atoms with Gasteiger partial charge in [0.25, 0.3) is 11.6 Å². The maximum absolute atomic E-state index is 13.0. The third-order valence-electron chi connectivity index (χ3n) is 6.32. The van der Waals surface area contributed by atoms with E-state index in [1.807, 2.05) is 25.1 Å². The van der Waals surface area contributed by atoms with Gasteiger partial charge in [-0.25, -0.2) is 10.3 Å². The molecule has 1 amide bonds. The van der Waals surface area contributed by atoms with E-state index in [1.54, 1.807) is 11.0 Å². The zero-order chi connectivity index (χ0) is 22.1. The molecule has 162 valence electrons. The minimum Gasteiger partial charge on any atom is -0.370 e. The average Bonchev–Trinajstić information content (AvgIpc) is 3.12. The first-order valence-corrected chi connectivity index (χ1v) is 10.0. The Morgan fingerprint density at radius 2 is 2.07 bits per heavy atom. The molecule has 4 atom stereocenters. The highest BCUT2D eigenvalue weighted by Gasteiger charge is 2.75. The summed E-state index contributed by atoms with van der Waals surface area (Å²) in [5.41, 5.74) is 11.9. The largest absolute Gasteiger partial charge is 0.370 e. The van der Waals surface area contributed by atoms with E-state index in [1.165, 1.54) is 0 Å². The van der Waals surface area contributed by atoms with Gasteiger partial charge in [-0.3, -0.25) is 20.4 Å². The second kappa shape index (κ2) is 6.32. The third kappa shape index (κ3) is 2.74. The van der Waals surface area contributed by atoms with E-state index >= 15 is 0 Å². The van der Waals surface area contributed by atoms with Gasteiger partial charge >= 0.3 is 5.96 Å². The van der Waals surface area contributed by atoms with Crippen LogP contribution in [-0.2, 0) is 5.41 Å². The summed E-state index contributed by atoms with van der Waals surface area (Å²) in [6.07, 6.45) is 0. The van der Waals surface area contributed by atoms with Crippen molar-refractivity contribution >= 4 is 17.8 Å². The van der Waals surface area contributed by atoms with Crippen molar-refractivity contribution in [2.45, 2.75) is 62.7 Å². The van der Waals surface area contributed by atoms with Crippen LogP contribution in [0.15, 0.2) is 29.3 Å². The second-order valence-electron chi connectivity index (χ2n) is 9.35. The Labute approximate surface area is 175 Å². The number of nitrogens with two attached hydrogens (primary N) is 2. The van der Waals surface area contributed by atoms with Crippen LogP contribution < -0.4 is 27.1 Å². The van der Waals surface area contributed by atoms with Crippen LogP contribution in [-0.4, -0.2) is 69.1 Å². The topological polar surface area (TPSA) is 163 Å². The average molecular weight is 417 g/mol. The lowest BCUT2D eigenvalue weighted by Gasteiger charge is -2.45. The van der Waals surface area contributed by atoms with E-state index in [-0.39, 0.29) is 29.9 Å². The van der Waals surface area contributed by atoms with Gasteiger partial charge in [0.2, 0.25) is 5.79 Å². The monoisotopic (exact) mass is 416 g/mol. The van der Waals surface area contributed by atoms with E-state index in [2.05, 4.69) is 41.4 Å². The number of aliphatic imine (C=N–C) groups is 1. The maximum Gasteiger partial charge on any atom is 0.343 e. The van der Waals surface area contributed by atoms with Crippen LogP contribution in [0.1, 0.15) is 43.6 Å². The number of rotatable bonds is 2. The smallest absolute Gasteiger partial charge is 0.343 e. The lowest BCUT2D eigenvalue weighted by Crippen LogP contribution is -2.89. The fourth-order valence-corrected chi connectivity index (χ4v) is 4.68. The highest BCUT2D eigenvalue weighted by atomic mass is 16.5. The van der Waals surface area contributed by atoms with Gasteiger partial charge in [-0.2, -0.15) is 0 Å². The Morgan fingerprint density at radius 3 is 2.73 bits per heavy atom. The molecule has 0 aliphatic carbocycles. The molecule has 9 N–H and O–H groups in total. The first-order valence-electron chi connectivity index (χ1n) is 10.0. The molecular formula is C20H30N7O3+. The number of aliphatic hydroxyl groups is 2. The standard InChI is InChI=1S/C20H29N7O3/c1-10-14-19(26-16(21)25-14)20(29,30)13(9-27(19)17(22)23-10)24-15(28)11-6-5-7-12(8-11)18(2,3)4/h5-8,10,13-14,29-30H,9H2,1-4H3,(H2,22,23)(H,24,28)(H3,21,25,26)/p+1/t10-,13-,14?,19-/m0/s1. The van der Waals surface area contributed by atoms with Gasteiger partial charge in [-0.15, -0.1) is 0 Å². The Kier molecular flexibility index (Phi) is 4.30.